The molecule has 178 valence electrons. The van der Waals surface area contributed by atoms with E-state index >= 15 is 0 Å². The number of benzene rings is 3. The van der Waals surface area contributed by atoms with Gasteiger partial charge >= 0.3 is 5.97 Å². The Morgan fingerprint density at radius 1 is 1.09 bits per heavy atom. The molecule has 1 amide bonds. The second kappa shape index (κ2) is 11.0. The average molecular weight is 491 g/mol. The van der Waals surface area contributed by atoms with Gasteiger partial charge in [-0.2, -0.15) is 0 Å². The monoisotopic (exact) mass is 490 g/mol. The molecule has 1 heterocycles. The minimum Gasteiger partial charge on any atom is -0.489 e. The number of hydrogen-bond acceptors (Lipinski definition) is 6. The molecule has 0 radical (unpaired) electrons. The first-order chi connectivity index (χ1) is 17.0. The highest BCUT2D eigenvalue weighted by molar-refractivity contribution is 8.18. The maximum atomic E-state index is 13.3. The van der Waals surface area contributed by atoms with E-state index in [1.165, 1.54) is 31.0 Å². The molecule has 1 aliphatic rings. The number of halogens is 1. The Labute approximate surface area is 207 Å². The SMILES string of the molecule is CCN1C(=O)/C(=C\c2ccc(OCc3cccc(F)c3)cc2)SC1=Nc1ccc(C(=O)OC)cc1. The molecule has 6 nitrogen and oxygen atoms in total. The fraction of sp³-hybridized carbons (Fsp3) is 0.148. The van der Waals surface area contributed by atoms with Crippen molar-refractivity contribution >= 4 is 40.6 Å². The number of likely N-dealkylation sites (N-methyl/N-ethyl adjacent to an activating group) is 1. The van der Waals surface area contributed by atoms with Crippen LogP contribution < -0.4 is 4.74 Å². The lowest BCUT2D eigenvalue weighted by atomic mass is 10.2. The summed E-state index contributed by atoms with van der Waals surface area (Å²) in [6, 6.07) is 20.3. The highest BCUT2D eigenvalue weighted by atomic mass is 32.2. The van der Waals surface area contributed by atoms with Gasteiger partial charge in [-0.05, 0) is 84.4 Å². The molecule has 8 heteroatoms. The number of thioether (sulfide) groups is 1. The number of ether oxygens (including phenoxy) is 2. The summed E-state index contributed by atoms with van der Waals surface area (Å²) in [5.41, 5.74) is 2.66. The van der Waals surface area contributed by atoms with Crippen LogP contribution in [0.15, 0.2) is 82.7 Å². The van der Waals surface area contributed by atoms with Gasteiger partial charge in [-0.3, -0.25) is 9.69 Å². The lowest BCUT2D eigenvalue weighted by Gasteiger charge is -2.12. The molecule has 1 aliphatic heterocycles. The molecule has 3 aromatic carbocycles. The van der Waals surface area contributed by atoms with E-state index < -0.39 is 5.97 Å². The number of aliphatic imine (C=N–C) groups is 1. The summed E-state index contributed by atoms with van der Waals surface area (Å²) in [4.78, 5) is 31.3. The zero-order valence-electron chi connectivity index (χ0n) is 19.2. The molecule has 0 saturated carbocycles. The minimum atomic E-state index is -0.416. The summed E-state index contributed by atoms with van der Waals surface area (Å²) in [5.74, 6) is -0.182. The van der Waals surface area contributed by atoms with E-state index in [9.17, 15) is 14.0 Å². The Hall–Kier alpha value is -3.91. The number of esters is 1. The second-order valence-electron chi connectivity index (χ2n) is 7.58. The molecular weight excluding hydrogens is 467 g/mol. The van der Waals surface area contributed by atoms with Crippen molar-refractivity contribution in [3.8, 4) is 5.75 Å². The van der Waals surface area contributed by atoms with Gasteiger partial charge in [-0.1, -0.05) is 24.3 Å². The molecule has 0 atom stereocenters. The van der Waals surface area contributed by atoms with Crippen LogP contribution in [0.4, 0.5) is 10.1 Å². The topological polar surface area (TPSA) is 68.2 Å². The molecular formula is C27H23FN2O4S. The van der Waals surface area contributed by atoms with E-state index in [1.807, 2.05) is 37.3 Å². The molecule has 35 heavy (non-hydrogen) atoms. The molecule has 3 aromatic rings. The molecule has 0 aromatic heterocycles. The van der Waals surface area contributed by atoms with Gasteiger partial charge in [-0.15, -0.1) is 0 Å². The van der Waals surface area contributed by atoms with Crippen LogP contribution in [0.1, 0.15) is 28.4 Å². The molecule has 0 aliphatic carbocycles. The quantitative estimate of drug-likeness (QED) is 0.309. The summed E-state index contributed by atoms with van der Waals surface area (Å²) in [6.07, 6.45) is 1.81. The highest BCUT2D eigenvalue weighted by Crippen LogP contribution is 2.34. The Balaban J connectivity index is 1.46. The van der Waals surface area contributed by atoms with Crippen LogP contribution in [0, 0.1) is 5.82 Å². The highest BCUT2D eigenvalue weighted by Gasteiger charge is 2.32. The molecule has 1 fully saturated rings. The smallest absolute Gasteiger partial charge is 0.337 e. The van der Waals surface area contributed by atoms with Gasteiger partial charge in [0.05, 0.1) is 23.3 Å². The molecule has 0 bridgehead atoms. The summed E-state index contributed by atoms with van der Waals surface area (Å²) < 4.78 is 23.8. The van der Waals surface area contributed by atoms with E-state index in [2.05, 4.69) is 4.99 Å². The Kier molecular flexibility index (Phi) is 7.62. The first-order valence-corrected chi connectivity index (χ1v) is 11.7. The molecule has 4 rings (SSSR count). The van der Waals surface area contributed by atoms with E-state index in [0.29, 0.717) is 33.6 Å². The van der Waals surface area contributed by atoms with Crippen LogP contribution in [0.2, 0.25) is 0 Å². The number of methoxy groups -OCH3 is 1. The first kappa shape index (κ1) is 24.2. The van der Waals surface area contributed by atoms with Gasteiger partial charge < -0.3 is 9.47 Å². The maximum Gasteiger partial charge on any atom is 0.337 e. The van der Waals surface area contributed by atoms with E-state index in [0.717, 1.165) is 11.1 Å². The Morgan fingerprint density at radius 2 is 1.83 bits per heavy atom. The zero-order chi connectivity index (χ0) is 24.8. The van der Waals surface area contributed by atoms with Gasteiger partial charge in [0.1, 0.15) is 18.2 Å². The van der Waals surface area contributed by atoms with Crippen LogP contribution in [-0.4, -0.2) is 35.6 Å². The summed E-state index contributed by atoms with van der Waals surface area (Å²) >= 11 is 1.30. The second-order valence-corrected chi connectivity index (χ2v) is 8.59. The predicted molar refractivity (Wildman–Crippen MR) is 135 cm³/mol. The number of amides is 1. The van der Waals surface area contributed by atoms with Crippen molar-refractivity contribution in [2.75, 3.05) is 13.7 Å². The minimum absolute atomic E-state index is 0.117. The summed E-state index contributed by atoms with van der Waals surface area (Å²) in [6.45, 7) is 2.63. The third-order valence-electron chi connectivity index (χ3n) is 5.19. The van der Waals surface area contributed by atoms with Gasteiger partial charge in [0, 0.05) is 6.54 Å². The summed E-state index contributed by atoms with van der Waals surface area (Å²) in [5, 5.41) is 0.574. The number of amidine groups is 1. The standard InChI is InChI=1S/C27H23FN2O4S/c1-3-30-25(31)24(35-27(30)29-22-11-9-20(10-12-22)26(32)33-2)16-18-7-13-23(14-8-18)34-17-19-5-4-6-21(28)15-19/h4-16H,3,17H2,1-2H3/b24-16+,29-27?. The van der Waals surface area contributed by atoms with E-state index in [1.54, 1.807) is 41.3 Å². The van der Waals surface area contributed by atoms with Gasteiger partial charge in [-0.25, -0.2) is 14.2 Å². The average Bonchev–Trinajstić information content (AvgIpc) is 3.17. The van der Waals surface area contributed by atoms with Crippen molar-refractivity contribution in [1.82, 2.24) is 4.90 Å². The van der Waals surface area contributed by atoms with E-state index in [-0.39, 0.29) is 18.3 Å². The molecule has 0 N–H and O–H groups in total. The van der Waals surface area contributed by atoms with Crippen LogP contribution in [0.5, 0.6) is 5.75 Å². The van der Waals surface area contributed by atoms with Gasteiger partial charge in [0.15, 0.2) is 5.17 Å². The molecule has 0 spiro atoms. The third kappa shape index (κ3) is 5.96. The van der Waals surface area contributed by atoms with Crippen LogP contribution in [0.25, 0.3) is 6.08 Å². The first-order valence-electron chi connectivity index (χ1n) is 10.9. The molecule has 1 saturated heterocycles. The largest absolute Gasteiger partial charge is 0.489 e. The van der Waals surface area contributed by atoms with E-state index in [4.69, 9.17) is 9.47 Å². The predicted octanol–water partition coefficient (Wildman–Crippen LogP) is 5.82. The Morgan fingerprint density at radius 3 is 2.49 bits per heavy atom. The lowest BCUT2D eigenvalue weighted by molar-refractivity contribution is -0.122. The Bertz CT molecular complexity index is 1290. The normalized spacial score (nSPS) is 15.6. The van der Waals surface area contributed by atoms with Crippen molar-refractivity contribution in [2.45, 2.75) is 13.5 Å². The van der Waals surface area contributed by atoms with Crippen LogP contribution >= 0.6 is 11.8 Å². The molecule has 0 unspecified atom stereocenters. The fourth-order valence-electron chi connectivity index (χ4n) is 3.38. The zero-order valence-corrected chi connectivity index (χ0v) is 20.0. The summed E-state index contributed by atoms with van der Waals surface area (Å²) in [7, 11) is 1.33. The van der Waals surface area contributed by atoms with Gasteiger partial charge in [0.2, 0.25) is 0 Å². The van der Waals surface area contributed by atoms with Crippen molar-refractivity contribution in [3.05, 3.63) is 100 Å². The number of carbonyl (C=O) groups is 2. The maximum absolute atomic E-state index is 13.3. The van der Waals surface area contributed by atoms with Crippen molar-refractivity contribution in [1.29, 1.82) is 0 Å². The van der Waals surface area contributed by atoms with Crippen molar-refractivity contribution in [2.24, 2.45) is 4.99 Å². The van der Waals surface area contributed by atoms with Crippen LogP contribution in [0.3, 0.4) is 0 Å². The fourth-order valence-corrected chi connectivity index (χ4v) is 4.44. The van der Waals surface area contributed by atoms with Gasteiger partial charge in [0.25, 0.3) is 5.91 Å². The number of hydrogen-bond donors (Lipinski definition) is 0. The van der Waals surface area contributed by atoms with Crippen molar-refractivity contribution < 1.29 is 23.5 Å². The van der Waals surface area contributed by atoms with Crippen molar-refractivity contribution in [3.63, 3.8) is 0 Å². The van der Waals surface area contributed by atoms with Crippen LogP contribution in [-0.2, 0) is 16.1 Å². The number of nitrogens with zero attached hydrogens (tertiary/aromatic N) is 2. The number of rotatable bonds is 7. The number of carbonyl (C=O) groups excluding carboxylic acids is 2. The lowest BCUT2D eigenvalue weighted by Crippen LogP contribution is -2.28. The third-order valence-corrected chi connectivity index (χ3v) is 6.20.